The molecule has 0 unspecified atom stereocenters. The molecule has 1 aromatic carbocycles. The number of hydrogen-bond acceptors (Lipinski definition) is 2. The minimum absolute atomic E-state index is 0.843. The van der Waals surface area contributed by atoms with Crippen LogP contribution in [0.1, 0.15) is 37.3 Å². The van der Waals surface area contributed by atoms with Gasteiger partial charge in [-0.15, -0.1) is 0 Å². The highest BCUT2D eigenvalue weighted by Gasteiger charge is 2.19. The topological polar surface area (TPSA) is 24.1 Å². The lowest BCUT2D eigenvalue weighted by molar-refractivity contribution is 0.592. The van der Waals surface area contributed by atoms with Gasteiger partial charge in [0.05, 0.1) is 0 Å². The van der Waals surface area contributed by atoms with Gasteiger partial charge in [0.2, 0.25) is 0 Å². The van der Waals surface area contributed by atoms with Gasteiger partial charge in [-0.05, 0) is 49.9 Å². The Morgan fingerprint density at radius 1 is 1.12 bits per heavy atom. The van der Waals surface area contributed by atoms with Crippen molar-refractivity contribution in [1.29, 1.82) is 0 Å². The molecule has 0 heterocycles. The van der Waals surface area contributed by atoms with E-state index in [1.807, 2.05) is 0 Å². The van der Waals surface area contributed by atoms with Gasteiger partial charge in [0.1, 0.15) is 0 Å². The first-order valence-corrected chi connectivity index (χ1v) is 6.91. The molecule has 0 atom stereocenters. The smallest absolute Gasteiger partial charge is 0.0208 e. The third-order valence-corrected chi connectivity index (χ3v) is 3.36. The highest BCUT2D eigenvalue weighted by atomic mass is 14.9. The van der Waals surface area contributed by atoms with Crippen molar-refractivity contribution >= 4 is 0 Å². The Labute approximate surface area is 105 Å². The average molecular weight is 232 g/mol. The first kappa shape index (κ1) is 12.6. The Morgan fingerprint density at radius 2 is 1.88 bits per heavy atom. The zero-order valence-electron chi connectivity index (χ0n) is 10.8. The fraction of sp³-hybridized carbons (Fsp3) is 0.600. The Kier molecular flexibility index (Phi) is 5.02. The molecule has 0 radical (unpaired) electrons. The zero-order valence-corrected chi connectivity index (χ0v) is 10.8. The van der Waals surface area contributed by atoms with Crippen molar-refractivity contribution in [3.05, 3.63) is 35.4 Å². The van der Waals surface area contributed by atoms with Gasteiger partial charge in [0.25, 0.3) is 0 Å². The van der Waals surface area contributed by atoms with Crippen molar-refractivity contribution in [1.82, 2.24) is 10.6 Å². The van der Waals surface area contributed by atoms with Crippen LogP contribution in [0.3, 0.4) is 0 Å². The lowest BCUT2D eigenvalue weighted by Gasteiger charge is -2.09. The first-order valence-electron chi connectivity index (χ1n) is 6.91. The van der Waals surface area contributed by atoms with E-state index in [9.17, 15) is 0 Å². The van der Waals surface area contributed by atoms with Gasteiger partial charge >= 0.3 is 0 Å². The molecule has 0 aliphatic heterocycles. The summed E-state index contributed by atoms with van der Waals surface area (Å²) >= 11 is 0. The predicted molar refractivity (Wildman–Crippen MR) is 73.2 cm³/mol. The van der Waals surface area contributed by atoms with Gasteiger partial charge in [-0.1, -0.05) is 31.2 Å². The van der Waals surface area contributed by atoms with Gasteiger partial charge in [-0.2, -0.15) is 0 Å². The molecule has 1 saturated carbocycles. The van der Waals surface area contributed by atoms with Crippen molar-refractivity contribution in [2.45, 2.75) is 45.2 Å². The highest BCUT2D eigenvalue weighted by Crippen LogP contribution is 2.18. The van der Waals surface area contributed by atoms with Crippen LogP contribution >= 0.6 is 0 Å². The molecule has 2 heteroatoms. The van der Waals surface area contributed by atoms with E-state index in [0.717, 1.165) is 32.1 Å². The first-order chi connectivity index (χ1) is 8.40. The third kappa shape index (κ3) is 4.49. The van der Waals surface area contributed by atoms with E-state index in [1.54, 1.807) is 0 Å². The Hall–Kier alpha value is -0.860. The summed E-state index contributed by atoms with van der Waals surface area (Å²) in [4.78, 5) is 0. The summed E-state index contributed by atoms with van der Waals surface area (Å²) in [5.41, 5.74) is 2.92. The van der Waals surface area contributed by atoms with Crippen LogP contribution in [0.15, 0.2) is 24.3 Å². The van der Waals surface area contributed by atoms with E-state index in [0.29, 0.717) is 0 Å². The van der Waals surface area contributed by atoms with Crippen LogP contribution in [0.4, 0.5) is 0 Å². The summed E-state index contributed by atoms with van der Waals surface area (Å²) in [6, 6.07) is 9.56. The van der Waals surface area contributed by atoms with Crippen LogP contribution in [0.2, 0.25) is 0 Å². The van der Waals surface area contributed by atoms with Crippen LogP contribution < -0.4 is 10.6 Å². The van der Waals surface area contributed by atoms with E-state index >= 15 is 0 Å². The molecule has 1 fully saturated rings. The molecule has 2 rings (SSSR count). The normalized spacial score (nSPS) is 15.1. The van der Waals surface area contributed by atoms with Crippen molar-refractivity contribution < 1.29 is 0 Å². The molecule has 2 nitrogen and oxygen atoms in total. The molecule has 0 bridgehead atoms. The molecule has 0 aromatic heterocycles. The van der Waals surface area contributed by atoms with Crippen molar-refractivity contribution in [2.24, 2.45) is 0 Å². The van der Waals surface area contributed by atoms with Gasteiger partial charge < -0.3 is 10.6 Å². The molecule has 2 N–H and O–H groups in total. The average Bonchev–Trinajstić information content (AvgIpc) is 3.18. The van der Waals surface area contributed by atoms with Gasteiger partial charge in [-0.3, -0.25) is 0 Å². The monoisotopic (exact) mass is 232 g/mol. The fourth-order valence-corrected chi connectivity index (χ4v) is 2.10. The largest absolute Gasteiger partial charge is 0.314 e. The minimum atomic E-state index is 0.843. The lowest BCUT2D eigenvalue weighted by atomic mass is 10.1. The SMILES string of the molecule is CCc1ccccc1CNCCCNC1CC1. The Balaban J connectivity index is 1.59. The summed E-state index contributed by atoms with van der Waals surface area (Å²) in [5.74, 6) is 0. The summed E-state index contributed by atoms with van der Waals surface area (Å²) in [6.45, 7) is 5.50. The minimum Gasteiger partial charge on any atom is -0.314 e. The number of rotatable bonds is 8. The summed E-state index contributed by atoms with van der Waals surface area (Å²) in [5, 5.41) is 7.07. The van der Waals surface area contributed by atoms with Crippen LogP contribution in [0, 0.1) is 0 Å². The fourth-order valence-electron chi connectivity index (χ4n) is 2.10. The van der Waals surface area contributed by atoms with E-state index in [1.165, 1.54) is 30.4 Å². The molecule has 0 saturated heterocycles. The predicted octanol–water partition coefficient (Wildman–Crippen LogP) is 2.48. The second kappa shape index (κ2) is 6.77. The quantitative estimate of drug-likeness (QED) is 0.673. The maximum atomic E-state index is 3.54. The standard InChI is InChI=1S/C15H24N2/c1-2-13-6-3-4-7-14(13)12-16-10-5-11-17-15-8-9-15/h3-4,6-7,15-17H,2,5,8-12H2,1H3. The van der Waals surface area contributed by atoms with Crippen LogP contribution in [-0.2, 0) is 13.0 Å². The van der Waals surface area contributed by atoms with Crippen molar-refractivity contribution in [3.8, 4) is 0 Å². The number of benzene rings is 1. The maximum absolute atomic E-state index is 3.54. The Morgan fingerprint density at radius 3 is 2.59 bits per heavy atom. The van der Waals surface area contributed by atoms with Crippen LogP contribution in [0.5, 0.6) is 0 Å². The molecule has 1 aliphatic carbocycles. The zero-order chi connectivity index (χ0) is 11.9. The molecule has 17 heavy (non-hydrogen) atoms. The highest BCUT2D eigenvalue weighted by molar-refractivity contribution is 5.26. The van der Waals surface area contributed by atoms with Gasteiger partial charge in [0.15, 0.2) is 0 Å². The summed E-state index contributed by atoms with van der Waals surface area (Å²) < 4.78 is 0. The second-order valence-electron chi connectivity index (χ2n) is 4.88. The number of hydrogen-bond donors (Lipinski definition) is 2. The lowest BCUT2D eigenvalue weighted by Crippen LogP contribution is -2.23. The maximum Gasteiger partial charge on any atom is 0.0208 e. The molecule has 1 aromatic rings. The van der Waals surface area contributed by atoms with Crippen LogP contribution in [0.25, 0.3) is 0 Å². The van der Waals surface area contributed by atoms with E-state index in [-0.39, 0.29) is 0 Å². The summed E-state index contributed by atoms with van der Waals surface area (Å²) in [7, 11) is 0. The van der Waals surface area contributed by atoms with Gasteiger partial charge in [-0.25, -0.2) is 0 Å². The molecule has 1 aliphatic rings. The second-order valence-corrected chi connectivity index (χ2v) is 4.88. The molecular formula is C15H24N2. The summed E-state index contributed by atoms with van der Waals surface area (Å²) in [6.07, 6.45) is 5.13. The van der Waals surface area contributed by atoms with E-state index in [2.05, 4.69) is 41.8 Å². The molecule has 94 valence electrons. The van der Waals surface area contributed by atoms with E-state index < -0.39 is 0 Å². The third-order valence-electron chi connectivity index (χ3n) is 3.36. The van der Waals surface area contributed by atoms with Crippen LogP contribution in [-0.4, -0.2) is 19.1 Å². The van der Waals surface area contributed by atoms with Crippen molar-refractivity contribution in [3.63, 3.8) is 0 Å². The number of nitrogens with one attached hydrogen (secondary N) is 2. The molecule has 0 amide bonds. The van der Waals surface area contributed by atoms with Crippen molar-refractivity contribution in [2.75, 3.05) is 13.1 Å². The number of aryl methyl sites for hydroxylation is 1. The Bertz CT molecular complexity index is 331. The molecule has 0 spiro atoms. The van der Waals surface area contributed by atoms with E-state index in [4.69, 9.17) is 0 Å². The molecular weight excluding hydrogens is 208 g/mol. The van der Waals surface area contributed by atoms with Gasteiger partial charge in [0, 0.05) is 12.6 Å².